The SMILES string of the molecule is Cc1cnc(Cn2c(=S)[nH]c3c(C)ccnc32)cn1. The minimum atomic E-state index is 0.572. The van der Waals surface area contributed by atoms with E-state index in [4.69, 9.17) is 12.2 Å². The van der Waals surface area contributed by atoms with Gasteiger partial charge >= 0.3 is 0 Å². The largest absolute Gasteiger partial charge is 0.329 e. The van der Waals surface area contributed by atoms with Crippen molar-refractivity contribution in [3.05, 3.63) is 46.4 Å². The van der Waals surface area contributed by atoms with Gasteiger partial charge in [0.05, 0.1) is 29.6 Å². The smallest absolute Gasteiger partial charge is 0.179 e. The van der Waals surface area contributed by atoms with Gasteiger partial charge in [0, 0.05) is 12.4 Å². The number of H-pyrrole nitrogens is 1. The van der Waals surface area contributed by atoms with Crippen LogP contribution >= 0.6 is 12.2 Å². The molecule has 0 aromatic carbocycles. The molecule has 0 aliphatic carbocycles. The summed E-state index contributed by atoms with van der Waals surface area (Å²) in [6, 6.07) is 1.96. The Bertz CT molecular complexity index is 785. The fraction of sp³-hybridized carbons (Fsp3) is 0.231. The van der Waals surface area contributed by atoms with Gasteiger partial charge in [0.15, 0.2) is 10.4 Å². The van der Waals surface area contributed by atoms with Crippen LogP contribution in [0.15, 0.2) is 24.7 Å². The lowest BCUT2D eigenvalue weighted by Gasteiger charge is -2.03. The van der Waals surface area contributed by atoms with E-state index in [2.05, 4.69) is 19.9 Å². The Morgan fingerprint density at radius 1 is 1.21 bits per heavy atom. The van der Waals surface area contributed by atoms with Crippen molar-refractivity contribution in [2.45, 2.75) is 20.4 Å². The van der Waals surface area contributed by atoms with E-state index in [-0.39, 0.29) is 0 Å². The Kier molecular flexibility index (Phi) is 2.87. The van der Waals surface area contributed by atoms with Crippen molar-refractivity contribution in [2.75, 3.05) is 0 Å². The van der Waals surface area contributed by atoms with Gasteiger partial charge in [-0.1, -0.05) is 0 Å². The third-order valence-corrected chi connectivity index (χ3v) is 3.35. The maximum Gasteiger partial charge on any atom is 0.179 e. The van der Waals surface area contributed by atoms with Crippen molar-refractivity contribution < 1.29 is 0 Å². The lowest BCUT2D eigenvalue weighted by atomic mass is 10.3. The minimum Gasteiger partial charge on any atom is -0.329 e. The summed E-state index contributed by atoms with van der Waals surface area (Å²) in [5.74, 6) is 0. The van der Waals surface area contributed by atoms with Crippen LogP contribution in [0.25, 0.3) is 11.2 Å². The molecule has 3 rings (SSSR count). The molecule has 0 fully saturated rings. The minimum absolute atomic E-state index is 0.572. The molecule has 0 spiro atoms. The molecule has 0 saturated carbocycles. The highest BCUT2D eigenvalue weighted by atomic mass is 32.1. The normalized spacial score (nSPS) is 11.1. The van der Waals surface area contributed by atoms with E-state index in [9.17, 15) is 0 Å². The van der Waals surface area contributed by atoms with Gasteiger partial charge in [-0.05, 0) is 37.7 Å². The van der Waals surface area contributed by atoms with Gasteiger partial charge in [-0.2, -0.15) is 0 Å². The molecule has 0 aliphatic heterocycles. The van der Waals surface area contributed by atoms with Crippen LogP contribution in [0.2, 0.25) is 0 Å². The van der Waals surface area contributed by atoms with Crippen LogP contribution in [-0.4, -0.2) is 24.5 Å². The number of pyridine rings is 1. The Balaban J connectivity index is 2.10. The van der Waals surface area contributed by atoms with Crippen molar-refractivity contribution in [1.29, 1.82) is 0 Å². The maximum atomic E-state index is 5.36. The molecule has 3 aromatic rings. The highest BCUT2D eigenvalue weighted by Crippen LogP contribution is 2.16. The van der Waals surface area contributed by atoms with Crippen LogP contribution in [0.3, 0.4) is 0 Å². The van der Waals surface area contributed by atoms with E-state index >= 15 is 0 Å². The topological polar surface area (TPSA) is 59.4 Å². The third kappa shape index (κ3) is 2.15. The number of aromatic amines is 1. The first-order chi connectivity index (χ1) is 9.15. The van der Waals surface area contributed by atoms with Crippen LogP contribution in [0.1, 0.15) is 17.0 Å². The molecule has 5 nitrogen and oxygen atoms in total. The van der Waals surface area contributed by atoms with Crippen molar-refractivity contribution in [3.63, 3.8) is 0 Å². The number of rotatable bonds is 2. The van der Waals surface area contributed by atoms with Gasteiger partial charge in [0.25, 0.3) is 0 Å². The molecule has 0 atom stereocenters. The molecular formula is C13H13N5S. The zero-order valence-electron chi connectivity index (χ0n) is 10.7. The van der Waals surface area contributed by atoms with Crippen molar-refractivity contribution in [1.82, 2.24) is 24.5 Å². The molecule has 1 N–H and O–H groups in total. The fourth-order valence-electron chi connectivity index (χ4n) is 1.98. The quantitative estimate of drug-likeness (QED) is 0.728. The fourth-order valence-corrected chi connectivity index (χ4v) is 2.24. The summed E-state index contributed by atoms with van der Waals surface area (Å²) in [6.45, 7) is 4.52. The maximum absolute atomic E-state index is 5.36. The summed E-state index contributed by atoms with van der Waals surface area (Å²) in [5, 5.41) is 0. The first kappa shape index (κ1) is 12.0. The molecule has 0 aliphatic rings. The predicted molar refractivity (Wildman–Crippen MR) is 75.5 cm³/mol. The first-order valence-corrected chi connectivity index (χ1v) is 6.37. The van der Waals surface area contributed by atoms with E-state index in [1.54, 1.807) is 18.6 Å². The van der Waals surface area contributed by atoms with E-state index in [1.165, 1.54) is 0 Å². The first-order valence-electron chi connectivity index (χ1n) is 5.97. The van der Waals surface area contributed by atoms with Crippen LogP contribution < -0.4 is 0 Å². The molecule has 0 amide bonds. The molecule has 96 valence electrons. The van der Waals surface area contributed by atoms with Gasteiger partial charge in [-0.25, -0.2) is 4.98 Å². The lowest BCUT2D eigenvalue weighted by molar-refractivity contribution is 0.768. The number of nitrogens with zero attached hydrogens (tertiary/aromatic N) is 4. The average Bonchev–Trinajstić information content (AvgIpc) is 2.71. The second-order valence-corrected chi connectivity index (χ2v) is 4.88. The molecular weight excluding hydrogens is 258 g/mol. The van der Waals surface area contributed by atoms with Crippen LogP contribution in [0.5, 0.6) is 0 Å². The van der Waals surface area contributed by atoms with Gasteiger partial charge in [-0.15, -0.1) is 0 Å². The zero-order valence-corrected chi connectivity index (χ0v) is 11.5. The van der Waals surface area contributed by atoms with E-state index in [1.807, 2.05) is 24.5 Å². The lowest BCUT2D eigenvalue weighted by Crippen LogP contribution is -2.03. The molecule has 6 heteroatoms. The van der Waals surface area contributed by atoms with E-state index in [0.29, 0.717) is 11.3 Å². The number of hydrogen-bond donors (Lipinski definition) is 1. The van der Waals surface area contributed by atoms with Crippen LogP contribution in [0.4, 0.5) is 0 Å². The Hall–Kier alpha value is -2.08. The van der Waals surface area contributed by atoms with Gasteiger partial charge in [0.2, 0.25) is 0 Å². The molecule has 0 radical (unpaired) electrons. The van der Waals surface area contributed by atoms with Crippen molar-refractivity contribution in [2.24, 2.45) is 0 Å². The molecule has 19 heavy (non-hydrogen) atoms. The highest BCUT2D eigenvalue weighted by Gasteiger charge is 2.08. The van der Waals surface area contributed by atoms with Crippen LogP contribution in [0, 0.1) is 18.6 Å². The summed E-state index contributed by atoms with van der Waals surface area (Å²) in [6.07, 6.45) is 5.32. The third-order valence-electron chi connectivity index (χ3n) is 3.03. The number of fused-ring (bicyclic) bond motifs is 1. The van der Waals surface area contributed by atoms with Crippen molar-refractivity contribution in [3.8, 4) is 0 Å². The molecule has 0 saturated heterocycles. The van der Waals surface area contributed by atoms with Gasteiger partial charge in [-0.3, -0.25) is 14.5 Å². The summed E-state index contributed by atoms with van der Waals surface area (Å²) < 4.78 is 2.59. The molecule has 0 bridgehead atoms. The monoisotopic (exact) mass is 271 g/mol. The second-order valence-electron chi connectivity index (χ2n) is 4.49. The Morgan fingerprint density at radius 3 is 2.79 bits per heavy atom. The molecule has 3 heterocycles. The number of hydrogen-bond acceptors (Lipinski definition) is 4. The van der Waals surface area contributed by atoms with E-state index in [0.717, 1.165) is 28.1 Å². The second kappa shape index (κ2) is 4.55. The van der Waals surface area contributed by atoms with Crippen LogP contribution in [-0.2, 0) is 6.54 Å². The van der Waals surface area contributed by atoms with E-state index < -0.39 is 0 Å². The standard InChI is InChI=1S/C13H13N5S/c1-8-3-4-14-12-11(8)17-13(19)18(12)7-10-6-15-9(2)5-16-10/h3-6H,7H2,1-2H3,(H,17,19). The average molecular weight is 271 g/mol. The predicted octanol–water partition coefficient (Wildman–Crippen LogP) is 2.55. The molecule has 0 unspecified atom stereocenters. The highest BCUT2D eigenvalue weighted by molar-refractivity contribution is 7.71. The van der Waals surface area contributed by atoms with Crippen molar-refractivity contribution >= 4 is 23.4 Å². The Labute approximate surface area is 115 Å². The Morgan fingerprint density at radius 2 is 2.05 bits per heavy atom. The number of imidazole rings is 1. The number of nitrogens with one attached hydrogen (secondary N) is 1. The molecule has 3 aromatic heterocycles. The number of aryl methyl sites for hydroxylation is 2. The number of aromatic nitrogens is 5. The summed E-state index contributed by atoms with van der Waals surface area (Å²) >= 11 is 5.36. The summed E-state index contributed by atoms with van der Waals surface area (Å²) in [4.78, 5) is 16.2. The summed E-state index contributed by atoms with van der Waals surface area (Å²) in [7, 11) is 0. The van der Waals surface area contributed by atoms with Gasteiger partial charge < -0.3 is 4.98 Å². The van der Waals surface area contributed by atoms with Gasteiger partial charge in [0.1, 0.15) is 0 Å². The zero-order chi connectivity index (χ0) is 13.4. The summed E-state index contributed by atoms with van der Waals surface area (Å²) in [5.41, 5.74) is 4.73.